The van der Waals surface area contributed by atoms with E-state index in [0.717, 1.165) is 43.3 Å². The predicted octanol–water partition coefficient (Wildman–Crippen LogP) is 3.91. The molecule has 1 aromatic carbocycles. The van der Waals surface area contributed by atoms with Gasteiger partial charge < -0.3 is 9.88 Å². The van der Waals surface area contributed by atoms with Crippen LogP contribution in [0.3, 0.4) is 0 Å². The number of rotatable bonds is 5. The van der Waals surface area contributed by atoms with Gasteiger partial charge in [-0.25, -0.2) is 0 Å². The first-order valence-electron chi connectivity index (χ1n) is 9.43. The molecule has 0 saturated heterocycles. The fourth-order valence-electron chi connectivity index (χ4n) is 3.48. The van der Waals surface area contributed by atoms with Crippen molar-refractivity contribution < 1.29 is 0 Å². The van der Waals surface area contributed by atoms with Gasteiger partial charge in [-0.3, -0.25) is 4.98 Å². The number of fused-ring (bicyclic) bond motifs is 1. The molecule has 5 nitrogen and oxygen atoms in total. The molecular formula is C21H25N5. The molecule has 5 heteroatoms. The number of hydrogen-bond acceptors (Lipinski definition) is 4. The lowest BCUT2D eigenvalue weighted by Gasteiger charge is -2.10. The lowest BCUT2D eigenvalue weighted by atomic mass is 10.1. The Morgan fingerprint density at radius 1 is 1.04 bits per heavy atom. The summed E-state index contributed by atoms with van der Waals surface area (Å²) in [5.74, 6) is 2.25. The molecule has 1 aliphatic rings. The lowest BCUT2D eigenvalue weighted by molar-refractivity contribution is 0.611. The van der Waals surface area contributed by atoms with Gasteiger partial charge in [0.25, 0.3) is 0 Å². The Bertz CT molecular complexity index is 866. The van der Waals surface area contributed by atoms with Gasteiger partial charge in [0.15, 0.2) is 0 Å². The monoisotopic (exact) mass is 347 g/mol. The molecule has 134 valence electrons. The van der Waals surface area contributed by atoms with Gasteiger partial charge in [0.2, 0.25) is 0 Å². The zero-order chi connectivity index (χ0) is 17.8. The highest BCUT2D eigenvalue weighted by atomic mass is 15.3. The standard InChI is InChI=1S/C21H25N5/c1-16-10-11-22-14-18(16)15-23-19-8-6-17(7-9-19)13-21-25-24-20-5-3-2-4-12-26(20)21/h6-11,14,23H,2-5,12-13,15H2,1H3. The summed E-state index contributed by atoms with van der Waals surface area (Å²) in [5.41, 5.74) is 4.88. The molecule has 1 aliphatic heterocycles. The molecule has 3 heterocycles. The third kappa shape index (κ3) is 3.77. The van der Waals surface area contributed by atoms with Crippen molar-refractivity contribution in [3.05, 3.63) is 71.1 Å². The van der Waals surface area contributed by atoms with Crippen molar-refractivity contribution >= 4 is 5.69 Å². The molecule has 1 N–H and O–H groups in total. The Kier molecular flexibility index (Phi) is 4.95. The average molecular weight is 347 g/mol. The maximum Gasteiger partial charge on any atom is 0.137 e. The van der Waals surface area contributed by atoms with Crippen LogP contribution in [-0.2, 0) is 25.9 Å². The molecule has 0 radical (unpaired) electrons. The van der Waals surface area contributed by atoms with Crippen LogP contribution in [0.2, 0.25) is 0 Å². The third-order valence-electron chi connectivity index (χ3n) is 5.13. The van der Waals surface area contributed by atoms with Gasteiger partial charge in [-0.2, -0.15) is 0 Å². The highest BCUT2D eigenvalue weighted by molar-refractivity contribution is 5.46. The minimum atomic E-state index is 0.788. The third-order valence-corrected chi connectivity index (χ3v) is 5.13. The Morgan fingerprint density at radius 3 is 2.77 bits per heavy atom. The van der Waals surface area contributed by atoms with Crippen LogP contribution in [0.1, 0.15) is 47.6 Å². The number of aromatic nitrogens is 4. The Balaban J connectivity index is 1.40. The molecule has 2 aromatic heterocycles. The first-order valence-corrected chi connectivity index (χ1v) is 9.43. The SMILES string of the molecule is Cc1ccncc1CNc1ccc(Cc2nnc3n2CCCCC3)cc1. The van der Waals surface area contributed by atoms with E-state index in [2.05, 4.69) is 56.3 Å². The Labute approximate surface area is 154 Å². The summed E-state index contributed by atoms with van der Waals surface area (Å²) < 4.78 is 2.32. The van der Waals surface area contributed by atoms with Crippen LogP contribution in [0, 0.1) is 6.92 Å². The van der Waals surface area contributed by atoms with Crippen LogP contribution in [-0.4, -0.2) is 19.7 Å². The fraction of sp³-hybridized carbons (Fsp3) is 0.381. The molecule has 0 amide bonds. The second-order valence-corrected chi connectivity index (χ2v) is 7.02. The molecular weight excluding hydrogens is 322 g/mol. The van der Waals surface area contributed by atoms with Gasteiger partial charge in [0, 0.05) is 44.0 Å². The van der Waals surface area contributed by atoms with E-state index in [1.165, 1.54) is 36.0 Å². The van der Waals surface area contributed by atoms with Crippen LogP contribution >= 0.6 is 0 Å². The summed E-state index contributed by atoms with van der Waals surface area (Å²) in [6.07, 6.45) is 9.41. The lowest BCUT2D eigenvalue weighted by Crippen LogP contribution is -2.06. The second kappa shape index (κ2) is 7.68. The number of nitrogens with zero attached hydrogens (tertiary/aromatic N) is 4. The molecule has 0 atom stereocenters. The van der Waals surface area contributed by atoms with Crippen LogP contribution in [0.4, 0.5) is 5.69 Å². The van der Waals surface area contributed by atoms with Gasteiger partial charge in [-0.15, -0.1) is 10.2 Å². The van der Waals surface area contributed by atoms with Gasteiger partial charge in [-0.1, -0.05) is 18.6 Å². The molecule has 26 heavy (non-hydrogen) atoms. The largest absolute Gasteiger partial charge is 0.381 e. The van der Waals surface area contributed by atoms with Crippen molar-refractivity contribution in [3.8, 4) is 0 Å². The first-order chi connectivity index (χ1) is 12.8. The molecule has 0 saturated carbocycles. The minimum absolute atomic E-state index is 0.788. The van der Waals surface area contributed by atoms with Crippen molar-refractivity contribution in [2.45, 2.75) is 52.1 Å². The quantitative estimate of drug-likeness (QED) is 0.760. The average Bonchev–Trinajstić information content (AvgIpc) is 2.89. The van der Waals surface area contributed by atoms with Gasteiger partial charge >= 0.3 is 0 Å². The Morgan fingerprint density at radius 2 is 1.92 bits per heavy atom. The summed E-state index contributed by atoms with van der Waals surface area (Å²) in [5, 5.41) is 12.3. The summed E-state index contributed by atoms with van der Waals surface area (Å²) in [6.45, 7) is 3.96. The molecule has 0 bridgehead atoms. The van der Waals surface area contributed by atoms with E-state index in [0.29, 0.717) is 0 Å². The summed E-state index contributed by atoms with van der Waals surface area (Å²) >= 11 is 0. The normalized spacial score (nSPS) is 13.9. The maximum atomic E-state index is 4.43. The predicted molar refractivity (Wildman–Crippen MR) is 103 cm³/mol. The van der Waals surface area contributed by atoms with Crippen molar-refractivity contribution in [1.82, 2.24) is 19.7 Å². The van der Waals surface area contributed by atoms with Crippen molar-refractivity contribution in [2.24, 2.45) is 0 Å². The number of nitrogens with one attached hydrogen (secondary N) is 1. The summed E-state index contributed by atoms with van der Waals surface area (Å²) in [4.78, 5) is 4.20. The summed E-state index contributed by atoms with van der Waals surface area (Å²) in [7, 11) is 0. The van der Waals surface area contributed by atoms with Crippen LogP contribution in [0.5, 0.6) is 0 Å². The van der Waals surface area contributed by atoms with E-state index in [-0.39, 0.29) is 0 Å². The fourth-order valence-corrected chi connectivity index (χ4v) is 3.48. The first kappa shape index (κ1) is 16.8. The number of hydrogen-bond donors (Lipinski definition) is 1. The van der Waals surface area contributed by atoms with Gasteiger partial charge in [0.05, 0.1) is 0 Å². The molecule has 4 rings (SSSR count). The zero-order valence-electron chi connectivity index (χ0n) is 15.3. The number of anilines is 1. The van der Waals surface area contributed by atoms with Gasteiger partial charge in [0.1, 0.15) is 11.6 Å². The second-order valence-electron chi connectivity index (χ2n) is 7.02. The number of aryl methyl sites for hydroxylation is 2. The highest BCUT2D eigenvalue weighted by Crippen LogP contribution is 2.18. The number of benzene rings is 1. The van der Waals surface area contributed by atoms with E-state index < -0.39 is 0 Å². The maximum absolute atomic E-state index is 4.43. The zero-order valence-corrected chi connectivity index (χ0v) is 15.3. The Hall–Kier alpha value is -2.69. The highest BCUT2D eigenvalue weighted by Gasteiger charge is 2.14. The van der Waals surface area contributed by atoms with Crippen LogP contribution in [0.25, 0.3) is 0 Å². The minimum Gasteiger partial charge on any atom is -0.381 e. The van der Waals surface area contributed by atoms with Crippen molar-refractivity contribution in [3.63, 3.8) is 0 Å². The van der Waals surface area contributed by atoms with E-state index in [1.54, 1.807) is 0 Å². The molecule has 0 spiro atoms. The van der Waals surface area contributed by atoms with Crippen LogP contribution < -0.4 is 5.32 Å². The van der Waals surface area contributed by atoms with Crippen molar-refractivity contribution in [2.75, 3.05) is 5.32 Å². The molecule has 0 aliphatic carbocycles. The van der Waals surface area contributed by atoms with Crippen molar-refractivity contribution in [1.29, 1.82) is 0 Å². The van der Waals surface area contributed by atoms with Crippen LogP contribution in [0.15, 0.2) is 42.7 Å². The van der Waals surface area contributed by atoms with E-state index in [9.17, 15) is 0 Å². The summed E-state index contributed by atoms with van der Waals surface area (Å²) in [6, 6.07) is 10.7. The molecule has 0 fully saturated rings. The number of pyridine rings is 1. The smallest absolute Gasteiger partial charge is 0.137 e. The molecule has 0 unspecified atom stereocenters. The molecule has 3 aromatic rings. The van der Waals surface area contributed by atoms with E-state index >= 15 is 0 Å². The topological polar surface area (TPSA) is 55.6 Å². The van der Waals surface area contributed by atoms with Gasteiger partial charge in [-0.05, 0) is 54.7 Å². The van der Waals surface area contributed by atoms with E-state index in [1.807, 2.05) is 18.5 Å². The van der Waals surface area contributed by atoms with E-state index in [4.69, 9.17) is 0 Å².